The molecule has 0 aromatic heterocycles. The van der Waals surface area contributed by atoms with Crippen LogP contribution >= 0.6 is 22.6 Å². The lowest BCUT2D eigenvalue weighted by Gasteiger charge is -2.32. The van der Waals surface area contributed by atoms with Crippen molar-refractivity contribution in [3.63, 3.8) is 0 Å². The molecule has 0 aliphatic carbocycles. The van der Waals surface area contributed by atoms with Crippen LogP contribution in [0.25, 0.3) is 0 Å². The van der Waals surface area contributed by atoms with Crippen molar-refractivity contribution in [1.29, 1.82) is 0 Å². The third-order valence-electron chi connectivity index (χ3n) is 2.92. The zero-order valence-corrected chi connectivity index (χ0v) is 12.1. The van der Waals surface area contributed by atoms with Gasteiger partial charge in [-0.3, -0.25) is 11.3 Å². The maximum atomic E-state index is 5.58. The first-order chi connectivity index (χ1) is 7.49. The lowest BCUT2D eigenvalue weighted by Crippen LogP contribution is -2.52. The van der Waals surface area contributed by atoms with Gasteiger partial charge in [0.2, 0.25) is 0 Å². The second kappa shape index (κ2) is 5.95. The van der Waals surface area contributed by atoms with Gasteiger partial charge in [0.05, 0.1) is 11.6 Å². The van der Waals surface area contributed by atoms with E-state index < -0.39 is 0 Å². The maximum Gasteiger partial charge on any atom is 0.0791 e. The molecule has 0 aliphatic heterocycles. The SMILES string of the molecule is COC(C)(C)C(Cc1ccc(I)cc1)NN. The van der Waals surface area contributed by atoms with Crippen LogP contribution in [-0.2, 0) is 11.2 Å². The molecule has 3 N–H and O–H groups in total. The molecule has 0 bridgehead atoms. The van der Waals surface area contributed by atoms with Gasteiger partial charge in [-0.05, 0) is 60.6 Å². The summed E-state index contributed by atoms with van der Waals surface area (Å²) >= 11 is 2.30. The van der Waals surface area contributed by atoms with E-state index >= 15 is 0 Å². The Hall–Kier alpha value is -0.170. The highest BCUT2D eigenvalue weighted by Crippen LogP contribution is 2.18. The Morgan fingerprint density at radius 3 is 2.38 bits per heavy atom. The van der Waals surface area contributed by atoms with Gasteiger partial charge < -0.3 is 4.74 Å². The number of hydrogen-bond donors (Lipinski definition) is 2. The molecule has 16 heavy (non-hydrogen) atoms. The quantitative estimate of drug-likeness (QED) is 0.492. The number of ether oxygens (including phenoxy) is 1. The van der Waals surface area contributed by atoms with Crippen molar-refractivity contribution >= 4 is 22.6 Å². The Morgan fingerprint density at radius 2 is 1.94 bits per heavy atom. The van der Waals surface area contributed by atoms with E-state index in [1.807, 2.05) is 13.8 Å². The molecule has 0 saturated heterocycles. The minimum atomic E-state index is -0.280. The van der Waals surface area contributed by atoms with Gasteiger partial charge >= 0.3 is 0 Å². The summed E-state index contributed by atoms with van der Waals surface area (Å²) < 4.78 is 6.68. The predicted octanol–water partition coefficient (Wildman–Crippen LogP) is 2.09. The maximum absolute atomic E-state index is 5.58. The molecule has 0 aliphatic rings. The predicted molar refractivity (Wildman–Crippen MR) is 75.1 cm³/mol. The highest BCUT2D eigenvalue weighted by atomic mass is 127. The number of benzene rings is 1. The monoisotopic (exact) mass is 334 g/mol. The van der Waals surface area contributed by atoms with Gasteiger partial charge in [-0.25, -0.2) is 0 Å². The van der Waals surface area contributed by atoms with Gasteiger partial charge in [0.25, 0.3) is 0 Å². The van der Waals surface area contributed by atoms with Crippen LogP contribution < -0.4 is 11.3 Å². The van der Waals surface area contributed by atoms with Crippen LogP contribution in [0.15, 0.2) is 24.3 Å². The number of hydrazine groups is 1. The van der Waals surface area contributed by atoms with Crippen molar-refractivity contribution in [2.75, 3.05) is 7.11 Å². The van der Waals surface area contributed by atoms with Gasteiger partial charge in [-0.1, -0.05) is 12.1 Å². The molecule has 0 amide bonds. The summed E-state index contributed by atoms with van der Waals surface area (Å²) in [5.74, 6) is 5.58. The first-order valence-electron chi connectivity index (χ1n) is 5.25. The van der Waals surface area contributed by atoms with Crippen LogP contribution in [0, 0.1) is 3.57 Å². The van der Waals surface area contributed by atoms with Crippen molar-refractivity contribution in [3.8, 4) is 0 Å². The molecule has 1 aromatic rings. The average molecular weight is 334 g/mol. The lowest BCUT2D eigenvalue weighted by molar-refractivity contribution is -0.0101. The molecule has 0 heterocycles. The van der Waals surface area contributed by atoms with E-state index in [9.17, 15) is 0 Å². The molecular formula is C12H19IN2O. The average Bonchev–Trinajstić information content (AvgIpc) is 2.28. The van der Waals surface area contributed by atoms with Crippen LogP contribution in [0.5, 0.6) is 0 Å². The largest absolute Gasteiger partial charge is 0.377 e. The Morgan fingerprint density at radius 1 is 1.38 bits per heavy atom. The van der Waals surface area contributed by atoms with Crippen molar-refractivity contribution in [2.45, 2.75) is 31.9 Å². The van der Waals surface area contributed by atoms with Gasteiger partial charge in [0.1, 0.15) is 0 Å². The normalized spacial score (nSPS) is 13.8. The molecule has 0 fully saturated rings. The number of methoxy groups -OCH3 is 1. The summed E-state index contributed by atoms with van der Waals surface area (Å²) in [5.41, 5.74) is 3.81. The Balaban J connectivity index is 2.74. The molecule has 4 heteroatoms. The molecule has 90 valence electrons. The van der Waals surface area contributed by atoms with Crippen molar-refractivity contribution < 1.29 is 4.74 Å². The van der Waals surface area contributed by atoms with E-state index in [0.29, 0.717) is 0 Å². The first kappa shape index (κ1) is 13.9. The van der Waals surface area contributed by atoms with Gasteiger partial charge in [0, 0.05) is 10.7 Å². The van der Waals surface area contributed by atoms with Crippen molar-refractivity contribution in [2.24, 2.45) is 5.84 Å². The molecule has 0 spiro atoms. The molecular weight excluding hydrogens is 315 g/mol. The zero-order chi connectivity index (χ0) is 12.2. The summed E-state index contributed by atoms with van der Waals surface area (Å²) in [6.45, 7) is 4.06. The Kier molecular flexibility index (Phi) is 5.17. The summed E-state index contributed by atoms with van der Waals surface area (Å²) in [4.78, 5) is 0. The third kappa shape index (κ3) is 3.69. The number of hydrogen-bond acceptors (Lipinski definition) is 3. The number of halogens is 1. The Bertz CT molecular complexity index is 324. The number of nitrogens with two attached hydrogens (primary N) is 1. The van der Waals surface area contributed by atoms with E-state index in [1.54, 1.807) is 7.11 Å². The van der Waals surface area contributed by atoms with Crippen molar-refractivity contribution in [3.05, 3.63) is 33.4 Å². The van der Waals surface area contributed by atoms with Crippen LogP contribution in [0.3, 0.4) is 0 Å². The second-order valence-corrected chi connectivity index (χ2v) is 5.60. The fourth-order valence-corrected chi connectivity index (χ4v) is 1.86. The number of nitrogens with one attached hydrogen (secondary N) is 1. The fourth-order valence-electron chi connectivity index (χ4n) is 1.50. The molecule has 3 nitrogen and oxygen atoms in total. The minimum Gasteiger partial charge on any atom is -0.377 e. The topological polar surface area (TPSA) is 47.3 Å². The second-order valence-electron chi connectivity index (χ2n) is 4.36. The minimum absolute atomic E-state index is 0.0950. The summed E-state index contributed by atoms with van der Waals surface area (Å²) in [6.07, 6.45) is 0.855. The summed E-state index contributed by atoms with van der Waals surface area (Å²) in [5, 5.41) is 0. The van der Waals surface area contributed by atoms with E-state index in [1.165, 1.54) is 9.13 Å². The van der Waals surface area contributed by atoms with Crippen LogP contribution in [0.2, 0.25) is 0 Å². The van der Waals surface area contributed by atoms with Crippen LogP contribution in [0.4, 0.5) is 0 Å². The van der Waals surface area contributed by atoms with E-state index in [0.717, 1.165) is 6.42 Å². The first-order valence-corrected chi connectivity index (χ1v) is 6.33. The van der Waals surface area contributed by atoms with E-state index in [4.69, 9.17) is 10.6 Å². The Labute approximate surface area is 111 Å². The van der Waals surface area contributed by atoms with Crippen LogP contribution in [0.1, 0.15) is 19.4 Å². The van der Waals surface area contributed by atoms with Crippen molar-refractivity contribution in [1.82, 2.24) is 5.43 Å². The molecule has 1 unspecified atom stereocenters. The molecule has 1 atom stereocenters. The lowest BCUT2D eigenvalue weighted by atomic mass is 9.93. The van der Waals surface area contributed by atoms with Crippen LogP contribution in [-0.4, -0.2) is 18.8 Å². The molecule has 0 radical (unpaired) electrons. The third-order valence-corrected chi connectivity index (χ3v) is 3.64. The standard InChI is InChI=1S/C12H19IN2O/c1-12(2,16-3)11(15-14)8-9-4-6-10(13)7-5-9/h4-7,11,15H,8,14H2,1-3H3. The molecule has 0 saturated carbocycles. The highest BCUT2D eigenvalue weighted by Gasteiger charge is 2.28. The van der Waals surface area contributed by atoms with E-state index in [-0.39, 0.29) is 11.6 Å². The highest BCUT2D eigenvalue weighted by molar-refractivity contribution is 14.1. The molecule has 1 rings (SSSR count). The summed E-state index contributed by atoms with van der Waals surface area (Å²) in [7, 11) is 1.71. The van der Waals surface area contributed by atoms with Gasteiger partial charge in [-0.2, -0.15) is 0 Å². The smallest absolute Gasteiger partial charge is 0.0791 e. The number of rotatable bonds is 5. The molecule has 1 aromatic carbocycles. The zero-order valence-electron chi connectivity index (χ0n) is 9.96. The summed E-state index contributed by atoms with van der Waals surface area (Å²) in [6, 6.07) is 8.54. The van der Waals surface area contributed by atoms with Gasteiger partial charge in [0.15, 0.2) is 0 Å². The van der Waals surface area contributed by atoms with Gasteiger partial charge in [-0.15, -0.1) is 0 Å². The van der Waals surface area contributed by atoms with E-state index in [2.05, 4.69) is 52.3 Å². The fraction of sp³-hybridized carbons (Fsp3) is 0.500.